The van der Waals surface area contributed by atoms with Gasteiger partial charge in [-0.1, -0.05) is 115 Å². The van der Waals surface area contributed by atoms with Gasteiger partial charge in [0.1, 0.15) is 23.9 Å². The summed E-state index contributed by atoms with van der Waals surface area (Å²) in [7, 11) is 5.53. The number of allylic oxidation sites excluding steroid dienone is 1. The van der Waals surface area contributed by atoms with Crippen molar-refractivity contribution in [3.8, 4) is 11.5 Å². The molecule has 93 heavy (non-hydrogen) atoms. The molecule has 10 aliphatic rings. The molecule has 8 fully saturated rings. The summed E-state index contributed by atoms with van der Waals surface area (Å²) in [6, 6.07) is 19.8. The van der Waals surface area contributed by atoms with Gasteiger partial charge in [0, 0.05) is 53.3 Å². The number of carbonyl (C=O) groups is 1. The molecule has 4 spiro atoms. The molecular weight excluding hydrogens is 1210 g/mol. The third-order valence-electron chi connectivity index (χ3n) is 26.7. The highest BCUT2D eigenvalue weighted by atomic mass is 33.1. The number of furan rings is 1. The average molecular weight is 1320 g/mol. The second-order valence-electron chi connectivity index (χ2n) is 31.6. The second kappa shape index (κ2) is 26.3. The van der Waals surface area contributed by atoms with E-state index in [2.05, 4.69) is 67.1 Å². The number of ether oxygens (including phenoxy) is 4. The fourth-order valence-electron chi connectivity index (χ4n) is 22.2. The summed E-state index contributed by atoms with van der Waals surface area (Å²) < 4.78 is 33.1. The molecule has 510 valence electrons. The SMILES string of the molecule is CCOC(=O)CCc1cc2ccoc2c2c1OC1OC3(CSSC4(CCC5(CCC(CNC)C5)C4CCC4(O)CCC(C5(c6ccc7ccccc7c6)CCCC6(CCCC6)C5)C4)C(CCC(C)CCCC3O)NCCO2)C2(O)CC3C=CC(O)C(CO)C3C1(O)C2O. The van der Waals surface area contributed by atoms with Gasteiger partial charge in [0.25, 0.3) is 0 Å². The topological polar surface area (TPSA) is 233 Å². The van der Waals surface area contributed by atoms with Gasteiger partial charge in [-0.25, -0.2) is 0 Å². The molecule has 17 heteroatoms. The summed E-state index contributed by atoms with van der Waals surface area (Å²) in [5.41, 5.74) is -4.94. The first-order chi connectivity index (χ1) is 44.9. The van der Waals surface area contributed by atoms with Gasteiger partial charge in [-0.3, -0.25) is 4.79 Å². The van der Waals surface area contributed by atoms with Crippen LogP contribution in [0, 0.1) is 52.3 Å². The van der Waals surface area contributed by atoms with E-state index in [1.54, 1.807) is 36.1 Å². The molecule has 14 rings (SSSR count). The zero-order valence-electron chi connectivity index (χ0n) is 55.4. The van der Waals surface area contributed by atoms with Crippen LogP contribution in [0.2, 0.25) is 0 Å². The van der Waals surface area contributed by atoms with E-state index >= 15 is 0 Å². The smallest absolute Gasteiger partial charge is 0.306 e. The van der Waals surface area contributed by atoms with Crippen LogP contribution in [0.25, 0.3) is 21.7 Å². The molecule has 0 amide bonds. The van der Waals surface area contributed by atoms with Crippen LogP contribution in [0.5, 0.6) is 11.5 Å². The number of rotatable bonds is 12. The van der Waals surface area contributed by atoms with E-state index in [0.29, 0.717) is 53.2 Å². The number of benzene rings is 3. The van der Waals surface area contributed by atoms with Gasteiger partial charge in [0.2, 0.25) is 12.0 Å². The normalized spacial score (nSPS) is 41.7. The van der Waals surface area contributed by atoms with Crippen molar-refractivity contribution in [1.29, 1.82) is 0 Å². The first-order valence-corrected chi connectivity index (χ1v) is 38.6. The average Bonchev–Trinajstić information content (AvgIpc) is 1.51. The number of aryl methyl sites for hydroxylation is 1. The molecule has 3 aromatic carbocycles. The number of carbonyl (C=O) groups excluding carboxylic acids is 1. The molecule has 3 aliphatic heterocycles. The maximum absolute atomic E-state index is 14.0. The van der Waals surface area contributed by atoms with Crippen molar-refractivity contribution in [2.24, 2.45) is 52.3 Å². The van der Waals surface area contributed by atoms with Crippen LogP contribution in [-0.2, 0) is 26.1 Å². The van der Waals surface area contributed by atoms with Crippen LogP contribution in [0.1, 0.15) is 185 Å². The highest BCUT2D eigenvalue weighted by Crippen LogP contribution is 2.70. The Labute approximate surface area is 558 Å². The standard InChI is InChI=1S/C76H106N2O13S2/c1-4-87-62(82)22-18-52-39-53-26-37-88-64(53)66-65(52)90-68-76(86)63-54(17-20-58(80)57(63)45-79)42-74(85,67(76)83)75(91-68)47-92-93-73(60(78-36-38-89-66)21-15-48(2)11-9-14-61(75)81)35-34-70(31-23-49(41-70)44-77-3)59(73)25-33-71(84)32-24-56(43-71)72(30-10-29-69(46-72)27-7-8-28-69)55-19-16-50-12-5-6-13-51(50)40-55/h5-6,12-13,16-17,19-20,26,37,39-40,48-49,54,56-61,63,67-68,77-81,83-86H,4,7-11,14-15,18,21-25,27-36,38,41-47H2,1-3H3. The molecule has 15 nitrogen and oxygen atoms in total. The van der Waals surface area contributed by atoms with E-state index in [9.17, 15) is 40.5 Å². The lowest BCUT2D eigenvalue weighted by Crippen LogP contribution is -2.86. The van der Waals surface area contributed by atoms with Crippen LogP contribution < -0.4 is 20.1 Å². The molecule has 9 N–H and O–H groups in total. The molecule has 7 aliphatic carbocycles. The zero-order valence-corrected chi connectivity index (χ0v) is 57.0. The molecule has 19 atom stereocenters. The predicted molar refractivity (Wildman–Crippen MR) is 364 cm³/mol. The van der Waals surface area contributed by atoms with Crippen molar-refractivity contribution in [3.05, 3.63) is 84.1 Å². The Kier molecular flexibility index (Phi) is 18.9. The molecule has 2 saturated heterocycles. The molecule has 1 aromatic heterocycles. The summed E-state index contributed by atoms with van der Waals surface area (Å²) in [4.78, 5) is 13.2. The third kappa shape index (κ3) is 11.6. The first-order valence-electron chi connectivity index (χ1n) is 36.2. The number of hydrogen-bond acceptors (Lipinski definition) is 17. The minimum absolute atomic E-state index is 0.00185. The number of esters is 1. The van der Waals surface area contributed by atoms with Crippen molar-refractivity contribution in [2.45, 2.75) is 244 Å². The van der Waals surface area contributed by atoms with Crippen molar-refractivity contribution >= 4 is 49.3 Å². The van der Waals surface area contributed by atoms with Gasteiger partial charge in [0.05, 0.1) is 30.7 Å². The zero-order chi connectivity index (χ0) is 64.6. The summed E-state index contributed by atoms with van der Waals surface area (Å²) in [6.07, 6.45) is 21.5. The quantitative estimate of drug-likeness (QED) is 0.0365. The number of aliphatic hydroxyl groups excluding tert-OH is 4. The van der Waals surface area contributed by atoms with E-state index in [1.807, 2.05) is 22.9 Å². The van der Waals surface area contributed by atoms with Crippen LogP contribution in [-0.4, -0.2) is 145 Å². The highest BCUT2D eigenvalue weighted by Gasteiger charge is 2.78. The lowest BCUT2D eigenvalue weighted by molar-refractivity contribution is -0.424. The lowest BCUT2D eigenvalue weighted by Gasteiger charge is -2.67. The Bertz CT molecular complexity index is 3340. The largest absolute Gasteiger partial charge is 0.485 e. The van der Waals surface area contributed by atoms with Gasteiger partial charge in [-0.2, -0.15) is 0 Å². The first kappa shape index (κ1) is 66.8. The Balaban J connectivity index is 0.879. The minimum atomic E-state index is -2.51. The van der Waals surface area contributed by atoms with Crippen molar-refractivity contribution in [3.63, 3.8) is 0 Å². The Morgan fingerprint density at radius 2 is 1.66 bits per heavy atom. The van der Waals surface area contributed by atoms with Gasteiger partial charge in [0.15, 0.2) is 16.9 Å². The lowest BCUT2D eigenvalue weighted by atomic mass is 9.50. The number of nitrogens with one attached hydrogen (secondary N) is 2. The summed E-state index contributed by atoms with van der Waals surface area (Å²) >= 11 is 0. The molecular formula is C76H106N2O13S2. The Hall–Kier alpha value is -3.43. The maximum atomic E-state index is 14.0. The molecule has 4 aromatic rings. The molecule has 6 saturated carbocycles. The highest BCUT2D eigenvalue weighted by molar-refractivity contribution is 8.77. The molecule has 19 unspecified atom stereocenters. The Morgan fingerprint density at radius 3 is 2.47 bits per heavy atom. The van der Waals surface area contributed by atoms with Crippen molar-refractivity contribution in [2.75, 3.05) is 45.7 Å². The molecule has 0 radical (unpaired) electrons. The van der Waals surface area contributed by atoms with Crippen LogP contribution in [0.4, 0.5) is 0 Å². The van der Waals surface area contributed by atoms with E-state index in [4.69, 9.17) is 23.4 Å². The van der Waals surface area contributed by atoms with E-state index in [-0.39, 0.29) is 84.9 Å². The fourth-order valence-corrected chi connectivity index (χ4v) is 26.5. The van der Waals surface area contributed by atoms with Gasteiger partial charge in [-0.15, -0.1) is 0 Å². The summed E-state index contributed by atoms with van der Waals surface area (Å²) in [5, 5.41) is 102. The monoisotopic (exact) mass is 1320 g/mol. The number of aliphatic hydroxyl groups is 7. The van der Waals surface area contributed by atoms with E-state index in [0.717, 1.165) is 90.0 Å². The Morgan fingerprint density at radius 1 is 0.828 bits per heavy atom. The minimum Gasteiger partial charge on any atom is -0.485 e. The van der Waals surface area contributed by atoms with Crippen molar-refractivity contribution in [1.82, 2.24) is 10.6 Å². The van der Waals surface area contributed by atoms with E-state index < -0.39 is 82.1 Å². The van der Waals surface area contributed by atoms with Crippen LogP contribution >= 0.6 is 21.6 Å². The van der Waals surface area contributed by atoms with Crippen molar-refractivity contribution < 1.29 is 63.9 Å². The summed E-state index contributed by atoms with van der Waals surface area (Å²) in [6.45, 7) is 5.28. The molecule has 5 bridgehead atoms. The van der Waals surface area contributed by atoms with Crippen LogP contribution in [0.15, 0.2) is 77.4 Å². The third-order valence-corrected chi connectivity index (χ3v) is 30.1. The second-order valence-corrected chi connectivity index (χ2v) is 34.3. The fraction of sp³-hybridized carbons (Fsp3) is 0.724. The maximum Gasteiger partial charge on any atom is 0.306 e. The predicted octanol–water partition coefficient (Wildman–Crippen LogP) is 11.8. The van der Waals surface area contributed by atoms with E-state index in [1.165, 1.54) is 61.3 Å². The summed E-state index contributed by atoms with van der Waals surface area (Å²) in [5.74, 6) is -1.63. The number of hydrogen-bond donors (Lipinski definition) is 9. The van der Waals surface area contributed by atoms with Gasteiger partial charge < -0.3 is 69.7 Å². The molecule has 4 heterocycles. The number of fused-ring (bicyclic) bond motifs is 12. The van der Waals surface area contributed by atoms with Gasteiger partial charge in [-0.05, 0) is 229 Å². The van der Waals surface area contributed by atoms with Crippen LogP contribution in [0.3, 0.4) is 0 Å². The van der Waals surface area contributed by atoms with Gasteiger partial charge >= 0.3 is 5.97 Å².